The average molecular weight is 251 g/mol. The topological polar surface area (TPSA) is 37.8 Å². The summed E-state index contributed by atoms with van der Waals surface area (Å²) in [6.45, 7) is 5.36. The molecule has 1 N–H and O–H groups in total. The van der Waals surface area contributed by atoms with E-state index in [2.05, 4.69) is 22.2 Å². The van der Waals surface area contributed by atoms with Crippen molar-refractivity contribution in [3.05, 3.63) is 18.0 Å². The summed E-state index contributed by atoms with van der Waals surface area (Å²) in [5, 5.41) is 4.54. The molecule has 1 fully saturated rings. The van der Waals surface area contributed by atoms with E-state index >= 15 is 0 Å². The standard InChI is InChI=1S/C13H21N3S/c1-3-6-14-12(11-4-5-11)9-17-13-15-7-10(2)8-16-13/h7-8,11-12,14H,3-6,9H2,1-2H3. The Morgan fingerprint density at radius 2 is 2.12 bits per heavy atom. The van der Waals surface area contributed by atoms with Gasteiger partial charge >= 0.3 is 0 Å². The van der Waals surface area contributed by atoms with Gasteiger partial charge in [-0.25, -0.2) is 9.97 Å². The van der Waals surface area contributed by atoms with Crippen LogP contribution in [0.25, 0.3) is 0 Å². The molecule has 1 heterocycles. The van der Waals surface area contributed by atoms with E-state index < -0.39 is 0 Å². The number of nitrogens with zero attached hydrogens (tertiary/aromatic N) is 2. The van der Waals surface area contributed by atoms with Crippen molar-refractivity contribution in [3.8, 4) is 0 Å². The van der Waals surface area contributed by atoms with Crippen molar-refractivity contribution in [2.45, 2.75) is 44.3 Å². The molecule has 1 atom stereocenters. The number of nitrogens with one attached hydrogen (secondary N) is 1. The van der Waals surface area contributed by atoms with E-state index in [-0.39, 0.29) is 0 Å². The van der Waals surface area contributed by atoms with Crippen LogP contribution >= 0.6 is 11.8 Å². The Morgan fingerprint density at radius 3 is 2.71 bits per heavy atom. The molecule has 1 aliphatic rings. The van der Waals surface area contributed by atoms with Gasteiger partial charge < -0.3 is 5.32 Å². The lowest BCUT2D eigenvalue weighted by atomic mass is 10.2. The Morgan fingerprint density at radius 1 is 1.41 bits per heavy atom. The fourth-order valence-electron chi connectivity index (χ4n) is 1.81. The zero-order chi connectivity index (χ0) is 12.1. The minimum Gasteiger partial charge on any atom is -0.313 e. The second-order valence-electron chi connectivity index (χ2n) is 4.75. The SMILES string of the molecule is CCCNC(CSc1ncc(C)cn1)C1CC1. The first kappa shape index (κ1) is 12.8. The Labute approximate surface area is 108 Å². The van der Waals surface area contributed by atoms with Crippen LogP contribution in [0.3, 0.4) is 0 Å². The van der Waals surface area contributed by atoms with E-state index in [1.807, 2.05) is 19.3 Å². The molecule has 0 bridgehead atoms. The molecule has 2 rings (SSSR count). The summed E-state index contributed by atoms with van der Waals surface area (Å²) in [4.78, 5) is 8.67. The van der Waals surface area contributed by atoms with Crippen LogP contribution in [0.4, 0.5) is 0 Å². The van der Waals surface area contributed by atoms with Crippen molar-refractivity contribution in [1.82, 2.24) is 15.3 Å². The molecule has 17 heavy (non-hydrogen) atoms. The maximum Gasteiger partial charge on any atom is 0.187 e. The molecule has 0 aliphatic heterocycles. The molecule has 0 spiro atoms. The van der Waals surface area contributed by atoms with Gasteiger partial charge in [0, 0.05) is 24.2 Å². The Hall–Kier alpha value is -0.610. The molecule has 0 saturated heterocycles. The summed E-state index contributed by atoms with van der Waals surface area (Å²) in [6.07, 6.45) is 7.75. The maximum absolute atomic E-state index is 4.33. The van der Waals surface area contributed by atoms with E-state index in [4.69, 9.17) is 0 Å². The molecular weight excluding hydrogens is 230 g/mol. The first-order valence-corrected chi connectivity index (χ1v) is 7.43. The predicted molar refractivity (Wildman–Crippen MR) is 72.3 cm³/mol. The molecule has 1 aromatic rings. The van der Waals surface area contributed by atoms with Gasteiger partial charge in [0.1, 0.15) is 0 Å². The second kappa shape index (κ2) is 6.36. The zero-order valence-corrected chi connectivity index (χ0v) is 11.5. The van der Waals surface area contributed by atoms with Gasteiger partial charge in [-0.2, -0.15) is 0 Å². The van der Waals surface area contributed by atoms with Crippen molar-refractivity contribution in [1.29, 1.82) is 0 Å². The quantitative estimate of drug-likeness (QED) is 0.597. The van der Waals surface area contributed by atoms with Gasteiger partial charge in [0.2, 0.25) is 0 Å². The van der Waals surface area contributed by atoms with Gasteiger partial charge in [-0.3, -0.25) is 0 Å². The lowest BCUT2D eigenvalue weighted by molar-refractivity contribution is 0.503. The molecule has 1 saturated carbocycles. The van der Waals surface area contributed by atoms with Gasteiger partial charge in [-0.1, -0.05) is 18.7 Å². The largest absolute Gasteiger partial charge is 0.313 e. The highest BCUT2D eigenvalue weighted by molar-refractivity contribution is 7.99. The third-order valence-electron chi connectivity index (χ3n) is 3.00. The monoisotopic (exact) mass is 251 g/mol. The smallest absolute Gasteiger partial charge is 0.187 e. The van der Waals surface area contributed by atoms with Crippen molar-refractivity contribution < 1.29 is 0 Å². The molecule has 0 amide bonds. The van der Waals surface area contributed by atoms with E-state index in [9.17, 15) is 0 Å². The molecule has 3 nitrogen and oxygen atoms in total. The van der Waals surface area contributed by atoms with Crippen LogP contribution in [0.2, 0.25) is 0 Å². The van der Waals surface area contributed by atoms with E-state index in [0.717, 1.165) is 28.9 Å². The molecule has 1 aliphatic carbocycles. The van der Waals surface area contributed by atoms with Crippen molar-refractivity contribution in [2.75, 3.05) is 12.3 Å². The number of rotatable bonds is 7. The Kier molecular flexibility index (Phi) is 4.80. The molecule has 1 unspecified atom stereocenters. The summed E-state index contributed by atoms with van der Waals surface area (Å²) < 4.78 is 0. The maximum atomic E-state index is 4.33. The number of hydrogen-bond acceptors (Lipinski definition) is 4. The van der Waals surface area contributed by atoms with E-state index in [1.54, 1.807) is 11.8 Å². The molecular formula is C13H21N3S. The van der Waals surface area contributed by atoms with Crippen LogP contribution in [0.1, 0.15) is 31.7 Å². The lowest BCUT2D eigenvalue weighted by Gasteiger charge is -2.16. The molecule has 1 aromatic heterocycles. The Balaban J connectivity index is 1.80. The van der Waals surface area contributed by atoms with E-state index in [1.165, 1.54) is 19.3 Å². The van der Waals surface area contributed by atoms with Crippen molar-refractivity contribution in [3.63, 3.8) is 0 Å². The summed E-state index contributed by atoms with van der Waals surface area (Å²) >= 11 is 1.77. The van der Waals surface area contributed by atoms with Gasteiger partial charge in [-0.05, 0) is 44.2 Å². The summed E-state index contributed by atoms with van der Waals surface area (Å²) in [5.74, 6) is 1.98. The van der Waals surface area contributed by atoms with Gasteiger partial charge in [0.05, 0.1) is 0 Å². The van der Waals surface area contributed by atoms with Crippen LogP contribution in [-0.4, -0.2) is 28.3 Å². The first-order chi connectivity index (χ1) is 8.29. The van der Waals surface area contributed by atoms with Gasteiger partial charge in [0.15, 0.2) is 5.16 Å². The number of aromatic nitrogens is 2. The minimum atomic E-state index is 0.643. The summed E-state index contributed by atoms with van der Waals surface area (Å²) in [6, 6.07) is 0.643. The fourth-order valence-corrected chi connectivity index (χ4v) is 2.78. The average Bonchev–Trinajstić information content (AvgIpc) is 3.16. The van der Waals surface area contributed by atoms with Crippen LogP contribution < -0.4 is 5.32 Å². The van der Waals surface area contributed by atoms with Crippen molar-refractivity contribution >= 4 is 11.8 Å². The molecule has 94 valence electrons. The van der Waals surface area contributed by atoms with Crippen LogP contribution in [0.15, 0.2) is 17.6 Å². The Bertz CT molecular complexity index is 335. The highest BCUT2D eigenvalue weighted by Gasteiger charge is 2.30. The predicted octanol–water partition coefficient (Wildman–Crippen LogP) is 2.66. The number of aryl methyl sites for hydroxylation is 1. The second-order valence-corrected chi connectivity index (χ2v) is 5.74. The third kappa shape index (κ3) is 4.28. The van der Waals surface area contributed by atoms with Crippen molar-refractivity contribution in [2.24, 2.45) is 5.92 Å². The van der Waals surface area contributed by atoms with Crippen LogP contribution in [-0.2, 0) is 0 Å². The highest BCUT2D eigenvalue weighted by Crippen LogP contribution is 2.34. The van der Waals surface area contributed by atoms with Gasteiger partial charge in [-0.15, -0.1) is 0 Å². The van der Waals surface area contributed by atoms with Crippen LogP contribution in [0, 0.1) is 12.8 Å². The molecule has 0 aromatic carbocycles. The fraction of sp³-hybridized carbons (Fsp3) is 0.692. The lowest BCUT2D eigenvalue weighted by Crippen LogP contribution is -2.33. The van der Waals surface area contributed by atoms with Crippen LogP contribution in [0.5, 0.6) is 0 Å². The first-order valence-electron chi connectivity index (χ1n) is 6.44. The van der Waals surface area contributed by atoms with E-state index in [0.29, 0.717) is 6.04 Å². The highest BCUT2D eigenvalue weighted by atomic mass is 32.2. The number of hydrogen-bond donors (Lipinski definition) is 1. The summed E-state index contributed by atoms with van der Waals surface area (Å²) in [7, 11) is 0. The summed E-state index contributed by atoms with van der Waals surface area (Å²) in [5.41, 5.74) is 1.12. The molecule has 0 radical (unpaired) electrons. The third-order valence-corrected chi connectivity index (χ3v) is 3.99. The zero-order valence-electron chi connectivity index (χ0n) is 10.6. The molecule has 4 heteroatoms. The minimum absolute atomic E-state index is 0.643. The normalized spacial score (nSPS) is 17.1. The number of thioether (sulfide) groups is 1. The van der Waals surface area contributed by atoms with Gasteiger partial charge in [0.25, 0.3) is 0 Å².